The molecule has 2 aromatic carbocycles. The fourth-order valence-corrected chi connectivity index (χ4v) is 4.94. The van der Waals surface area contributed by atoms with E-state index in [1.807, 2.05) is 0 Å². The Morgan fingerprint density at radius 3 is 2.47 bits per heavy atom. The standard InChI is InChI=1S/C21H20N2O6S/c1-28-19-5-3-2-4-17(19)21(25)22-10-12-23(13-11-22)30(26,27)16-7-8-18-15(14-16)6-9-20(24)29-18/h2-9,14H,10-13H2,1H3. The second kappa shape index (κ2) is 7.92. The average molecular weight is 428 g/mol. The molecular weight excluding hydrogens is 408 g/mol. The van der Waals surface area contributed by atoms with Gasteiger partial charge in [-0.2, -0.15) is 4.31 Å². The summed E-state index contributed by atoms with van der Waals surface area (Å²) >= 11 is 0. The second-order valence-electron chi connectivity index (χ2n) is 6.85. The topological polar surface area (TPSA) is 97.1 Å². The van der Waals surface area contributed by atoms with E-state index in [9.17, 15) is 18.0 Å². The molecule has 8 nitrogen and oxygen atoms in total. The summed E-state index contributed by atoms with van der Waals surface area (Å²) in [4.78, 5) is 25.9. The minimum atomic E-state index is -3.74. The lowest BCUT2D eigenvalue weighted by atomic mass is 10.1. The molecule has 0 radical (unpaired) electrons. The van der Waals surface area contributed by atoms with Gasteiger partial charge in [-0.05, 0) is 36.4 Å². The van der Waals surface area contributed by atoms with Gasteiger partial charge < -0.3 is 14.1 Å². The van der Waals surface area contributed by atoms with Crippen molar-refractivity contribution in [2.75, 3.05) is 33.3 Å². The van der Waals surface area contributed by atoms with Crippen LogP contribution in [0, 0.1) is 0 Å². The van der Waals surface area contributed by atoms with Gasteiger partial charge in [0.2, 0.25) is 10.0 Å². The SMILES string of the molecule is COc1ccccc1C(=O)N1CCN(S(=O)(=O)c2ccc3oc(=O)ccc3c2)CC1. The molecule has 1 aromatic heterocycles. The number of hydrogen-bond acceptors (Lipinski definition) is 6. The van der Waals surface area contributed by atoms with Gasteiger partial charge in [-0.1, -0.05) is 12.1 Å². The van der Waals surface area contributed by atoms with E-state index in [1.165, 1.54) is 41.7 Å². The van der Waals surface area contributed by atoms with Crippen molar-refractivity contribution in [3.05, 3.63) is 70.6 Å². The van der Waals surface area contributed by atoms with Crippen molar-refractivity contribution in [3.63, 3.8) is 0 Å². The predicted octanol–water partition coefficient (Wildman–Crippen LogP) is 1.95. The van der Waals surface area contributed by atoms with Crippen molar-refractivity contribution in [2.24, 2.45) is 0 Å². The number of methoxy groups -OCH3 is 1. The van der Waals surface area contributed by atoms with E-state index < -0.39 is 15.6 Å². The molecule has 0 N–H and O–H groups in total. The van der Waals surface area contributed by atoms with Crippen LogP contribution in [0.3, 0.4) is 0 Å². The molecule has 1 fully saturated rings. The number of fused-ring (bicyclic) bond motifs is 1. The number of carbonyl (C=O) groups excluding carboxylic acids is 1. The maximum absolute atomic E-state index is 13.1. The van der Waals surface area contributed by atoms with E-state index in [1.54, 1.807) is 29.2 Å². The van der Waals surface area contributed by atoms with Gasteiger partial charge in [-0.15, -0.1) is 0 Å². The van der Waals surface area contributed by atoms with Crippen LogP contribution in [0.1, 0.15) is 10.4 Å². The van der Waals surface area contributed by atoms with Gasteiger partial charge in [0.25, 0.3) is 5.91 Å². The number of benzene rings is 2. The van der Waals surface area contributed by atoms with Crippen molar-refractivity contribution in [1.29, 1.82) is 0 Å². The summed E-state index contributed by atoms with van der Waals surface area (Å²) in [5.74, 6) is 0.297. The molecule has 0 unspecified atom stereocenters. The smallest absolute Gasteiger partial charge is 0.336 e. The molecule has 4 rings (SSSR count). The summed E-state index contributed by atoms with van der Waals surface area (Å²) in [6, 6.07) is 14.1. The zero-order chi connectivity index (χ0) is 21.3. The van der Waals surface area contributed by atoms with Crippen LogP contribution in [0.5, 0.6) is 5.75 Å². The molecule has 30 heavy (non-hydrogen) atoms. The van der Waals surface area contributed by atoms with Crippen molar-refractivity contribution >= 4 is 26.9 Å². The van der Waals surface area contributed by atoms with Crippen LogP contribution < -0.4 is 10.4 Å². The Morgan fingerprint density at radius 2 is 1.73 bits per heavy atom. The summed E-state index contributed by atoms with van der Waals surface area (Å²) in [6.07, 6.45) is 0. The number of piperazine rings is 1. The maximum Gasteiger partial charge on any atom is 0.336 e. The normalized spacial score (nSPS) is 15.3. The summed E-state index contributed by atoms with van der Waals surface area (Å²) < 4.78 is 37.8. The van der Waals surface area contributed by atoms with Gasteiger partial charge in [0, 0.05) is 37.6 Å². The molecular formula is C21H20N2O6S. The Labute approximate surface area is 173 Å². The summed E-state index contributed by atoms with van der Waals surface area (Å²) in [7, 11) is -2.23. The third-order valence-corrected chi connectivity index (χ3v) is 6.99. The van der Waals surface area contributed by atoms with Gasteiger partial charge in [0.1, 0.15) is 11.3 Å². The third-order valence-electron chi connectivity index (χ3n) is 5.09. The molecule has 156 valence electrons. The van der Waals surface area contributed by atoms with Crippen LogP contribution in [0.25, 0.3) is 11.0 Å². The number of rotatable bonds is 4. The first kappa shape index (κ1) is 20.1. The third kappa shape index (κ3) is 3.69. The Kier molecular flexibility index (Phi) is 5.31. The lowest BCUT2D eigenvalue weighted by molar-refractivity contribution is 0.0694. The molecule has 1 amide bonds. The number of ether oxygens (including phenoxy) is 1. The largest absolute Gasteiger partial charge is 0.496 e. The lowest BCUT2D eigenvalue weighted by Gasteiger charge is -2.34. The first-order valence-corrected chi connectivity index (χ1v) is 10.8. The molecule has 1 aliphatic rings. The Balaban J connectivity index is 1.51. The number of amides is 1. The highest BCUT2D eigenvalue weighted by Crippen LogP contribution is 2.24. The van der Waals surface area contributed by atoms with Gasteiger partial charge in [-0.25, -0.2) is 13.2 Å². The van der Waals surface area contributed by atoms with Gasteiger partial charge >= 0.3 is 5.63 Å². The van der Waals surface area contributed by atoms with Crippen LogP contribution in [-0.2, 0) is 10.0 Å². The highest BCUT2D eigenvalue weighted by Gasteiger charge is 2.31. The van der Waals surface area contributed by atoms with Gasteiger partial charge in [0.15, 0.2) is 0 Å². The number of sulfonamides is 1. The minimum Gasteiger partial charge on any atom is -0.496 e. The van der Waals surface area contributed by atoms with Crippen LogP contribution in [0.2, 0.25) is 0 Å². The lowest BCUT2D eigenvalue weighted by Crippen LogP contribution is -2.50. The van der Waals surface area contributed by atoms with Crippen molar-refractivity contribution in [2.45, 2.75) is 4.90 Å². The molecule has 3 aromatic rings. The average Bonchev–Trinajstić information content (AvgIpc) is 2.78. The van der Waals surface area contributed by atoms with Crippen molar-refractivity contribution < 1.29 is 22.4 Å². The first-order chi connectivity index (χ1) is 14.4. The van der Waals surface area contributed by atoms with E-state index in [4.69, 9.17) is 9.15 Å². The number of para-hydroxylation sites is 1. The molecule has 0 bridgehead atoms. The zero-order valence-corrected chi connectivity index (χ0v) is 17.1. The quantitative estimate of drug-likeness (QED) is 0.589. The highest BCUT2D eigenvalue weighted by atomic mass is 32.2. The van der Waals surface area contributed by atoms with Crippen LogP contribution in [0.15, 0.2) is 68.7 Å². The maximum atomic E-state index is 13.1. The predicted molar refractivity (Wildman–Crippen MR) is 110 cm³/mol. The minimum absolute atomic E-state index is 0.119. The molecule has 1 aliphatic heterocycles. The molecule has 0 atom stereocenters. The monoisotopic (exact) mass is 428 g/mol. The zero-order valence-electron chi connectivity index (χ0n) is 16.3. The van der Waals surface area contributed by atoms with Crippen LogP contribution in [0.4, 0.5) is 0 Å². The van der Waals surface area contributed by atoms with Crippen LogP contribution in [-0.4, -0.2) is 56.8 Å². The Bertz CT molecular complexity index is 1260. The number of carbonyl (C=O) groups is 1. The fraction of sp³-hybridized carbons (Fsp3) is 0.238. The van der Waals surface area contributed by atoms with E-state index in [-0.39, 0.29) is 37.0 Å². The molecule has 0 saturated carbocycles. The Morgan fingerprint density at radius 1 is 1.00 bits per heavy atom. The highest BCUT2D eigenvalue weighted by molar-refractivity contribution is 7.89. The van der Waals surface area contributed by atoms with Crippen LogP contribution >= 0.6 is 0 Å². The molecule has 2 heterocycles. The number of nitrogens with zero attached hydrogens (tertiary/aromatic N) is 2. The van der Waals surface area contributed by atoms with Crippen molar-refractivity contribution in [3.8, 4) is 5.75 Å². The molecule has 0 aliphatic carbocycles. The fourth-order valence-electron chi connectivity index (χ4n) is 3.48. The van der Waals surface area contributed by atoms with E-state index in [2.05, 4.69) is 0 Å². The molecule has 1 saturated heterocycles. The summed E-state index contributed by atoms with van der Waals surface area (Å²) in [6.45, 7) is 0.924. The molecule has 0 spiro atoms. The summed E-state index contributed by atoms with van der Waals surface area (Å²) in [5, 5.41) is 0.528. The van der Waals surface area contributed by atoms with E-state index in [0.29, 0.717) is 22.3 Å². The van der Waals surface area contributed by atoms with Gasteiger partial charge in [-0.3, -0.25) is 4.79 Å². The molecule has 9 heteroatoms. The second-order valence-corrected chi connectivity index (χ2v) is 8.79. The van der Waals surface area contributed by atoms with E-state index in [0.717, 1.165) is 0 Å². The number of hydrogen-bond donors (Lipinski definition) is 0. The first-order valence-electron chi connectivity index (χ1n) is 9.36. The van der Waals surface area contributed by atoms with E-state index >= 15 is 0 Å². The summed E-state index contributed by atoms with van der Waals surface area (Å²) in [5.41, 5.74) is 0.287. The van der Waals surface area contributed by atoms with Crippen molar-refractivity contribution in [1.82, 2.24) is 9.21 Å². The van der Waals surface area contributed by atoms with Gasteiger partial charge in [0.05, 0.1) is 17.6 Å². The Hall–Kier alpha value is -3.17.